The highest BCUT2D eigenvalue weighted by atomic mass is 32.2. The maximum atomic E-state index is 11.3. The van der Waals surface area contributed by atoms with Crippen LogP contribution in [-0.4, -0.2) is 32.0 Å². The predicted octanol–water partition coefficient (Wildman–Crippen LogP) is 1.73. The van der Waals surface area contributed by atoms with Gasteiger partial charge in [0.2, 0.25) is 0 Å². The van der Waals surface area contributed by atoms with Gasteiger partial charge in [0.15, 0.2) is 0 Å². The van der Waals surface area contributed by atoms with Gasteiger partial charge in [-0.3, -0.25) is 4.21 Å². The van der Waals surface area contributed by atoms with E-state index in [0.29, 0.717) is 12.3 Å². The molecular formula is C14H19N3OS. The molecule has 4 nitrogen and oxygen atoms in total. The molecule has 0 bridgehead atoms. The normalized spacial score (nSPS) is 12.5. The Balaban J connectivity index is 1.83. The van der Waals surface area contributed by atoms with Crippen molar-refractivity contribution < 1.29 is 4.21 Å². The van der Waals surface area contributed by atoms with E-state index in [2.05, 4.69) is 10.4 Å². The van der Waals surface area contributed by atoms with E-state index < -0.39 is 10.8 Å². The van der Waals surface area contributed by atoms with Crippen molar-refractivity contribution in [3.8, 4) is 5.69 Å². The van der Waals surface area contributed by atoms with Crippen molar-refractivity contribution in [3.63, 3.8) is 0 Å². The molecule has 1 N–H and O–H groups in total. The zero-order valence-corrected chi connectivity index (χ0v) is 11.9. The Morgan fingerprint density at radius 1 is 1.26 bits per heavy atom. The van der Waals surface area contributed by atoms with Gasteiger partial charge in [-0.2, -0.15) is 5.10 Å². The summed E-state index contributed by atoms with van der Waals surface area (Å²) in [6.07, 6.45) is 1.95. The lowest BCUT2D eigenvalue weighted by atomic mass is 10.3. The fraction of sp³-hybridized carbons (Fsp3) is 0.357. The molecule has 1 unspecified atom stereocenters. The molecule has 2 aromatic rings. The predicted molar refractivity (Wildman–Crippen MR) is 78.8 cm³/mol. The van der Waals surface area contributed by atoms with Crippen molar-refractivity contribution >= 4 is 10.8 Å². The second-order valence-corrected chi connectivity index (χ2v) is 6.06. The third-order valence-electron chi connectivity index (χ3n) is 2.80. The molecule has 0 aliphatic carbocycles. The summed E-state index contributed by atoms with van der Waals surface area (Å²) in [7, 11) is -0.697. The van der Waals surface area contributed by atoms with E-state index in [-0.39, 0.29) is 0 Å². The van der Waals surface area contributed by atoms with Gasteiger partial charge in [0, 0.05) is 41.6 Å². The maximum Gasteiger partial charge on any atom is 0.0766 e. The summed E-state index contributed by atoms with van der Waals surface area (Å²) in [6.45, 7) is 3.41. The average molecular weight is 277 g/mol. The van der Waals surface area contributed by atoms with Gasteiger partial charge in [0.1, 0.15) is 0 Å². The average Bonchev–Trinajstić information content (AvgIpc) is 2.93. The highest BCUT2D eigenvalue weighted by Gasteiger charge is 2.01. The Labute approximate surface area is 116 Å². The van der Waals surface area contributed by atoms with Crippen LogP contribution in [0.4, 0.5) is 0 Å². The van der Waals surface area contributed by atoms with Gasteiger partial charge < -0.3 is 5.32 Å². The summed E-state index contributed by atoms with van der Waals surface area (Å²) < 4.78 is 13.1. The van der Waals surface area contributed by atoms with Crippen molar-refractivity contribution in [2.24, 2.45) is 0 Å². The van der Waals surface area contributed by atoms with E-state index >= 15 is 0 Å². The minimum Gasteiger partial charge on any atom is -0.310 e. The molecule has 0 fully saturated rings. The topological polar surface area (TPSA) is 46.9 Å². The Bertz CT molecular complexity index is 524. The zero-order chi connectivity index (χ0) is 13.5. The molecule has 2 rings (SSSR count). The molecule has 1 heterocycles. The summed E-state index contributed by atoms with van der Waals surface area (Å²) in [5.41, 5.74) is 2.05. The fourth-order valence-electron chi connectivity index (χ4n) is 1.73. The molecule has 5 heteroatoms. The van der Waals surface area contributed by atoms with Crippen LogP contribution in [0.15, 0.2) is 42.6 Å². The van der Waals surface area contributed by atoms with Crippen LogP contribution in [0.5, 0.6) is 0 Å². The number of hydrogen-bond acceptors (Lipinski definition) is 3. The summed E-state index contributed by atoms with van der Waals surface area (Å²) in [5.74, 6) is 1.43. The highest BCUT2D eigenvalue weighted by Crippen LogP contribution is 2.06. The van der Waals surface area contributed by atoms with Crippen LogP contribution < -0.4 is 5.32 Å². The molecule has 1 aromatic heterocycles. The van der Waals surface area contributed by atoms with E-state index in [9.17, 15) is 4.21 Å². The third kappa shape index (κ3) is 4.29. The lowest BCUT2D eigenvalue weighted by molar-refractivity contribution is 0.668. The molecule has 102 valence electrons. The summed E-state index contributed by atoms with van der Waals surface area (Å²) in [6, 6.07) is 12.0. The Hall–Kier alpha value is -1.46. The smallest absolute Gasteiger partial charge is 0.0766 e. The van der Waals surface area contributed by atoms with Gasteiger partial charge in [0.25, 0.3) is 0 Å². The Kier molecular flexibility index (Phi) is 5.30. The second kappa shape index (κ2) is 7.21. The number of benzene rings is 1. The van der Waals surface area contributed by atoms with Crippen molar-refractivity contribution in [2.45, 2.75) is 13.5 Å². The molecule has 0 aliphatic rings. The van der Waals surface area contributed by atoms with E-state index in [1.54, 1.807) is 0 Å². The first-order chi connectivity index (χ1) is 9.29. The van der Waals surface area contributed by atoms with E-state index in [1.807, 2.05) is 54.2 Å². The van der Waals surface area contributed by atoms with Gasteiger partial charge in [-0.1, -0.05) is 25.1 Å². The summed E-state index contributed by atoms with van der Waals surface area (Å²) in [4.78, 5) is 0. The van der Waals surface area contributed by atoms with Gasteiger partial charge >= 0.3 is 0 Å². The number of aromatic nitrogens is 2. The largest absolute Gasteiger partial charge is 0.310 e. The molecule has 1 aromatic carbocycles. The first-order valence-electron chi connectivity index (χ1n) is 6.45. The molecule has 0 saturated carbocycles. The van der Waals surface area contributed by atoms with Crippen molar-refractivity contribution in [3.05, 3.63) is 48.3 Å². The van der Waals surface area contributed by atoms with Gasteiger partial charge in [0.05, 0.1) is 11.4 Å². The standard InChI is InChI=1S/C14H19N3OS/c1-2-19(18)11-9-15-12-13-8-10-17(16-13)14-6-4-3-5-7-14/h3-8,10,15H,2,9,11-12H2,1H3. The van der Waals surface area contributed by atoms with Crippen LogP contribution in [0, 0.1) is 0 Å². The summed E-state index contributed by atoms with van der Waals surface area (Å²) in [5, 5.41) is 7.76. The van der Waals surface area contributed by atoms with Crippen LogP contribution in [0.2, 0.25) is 0 Å². The zero-order valence-electron chi connectivity index (χ0n) is 11.1. The molecule has 0 amide bonds. The maximum absolute atomic E-state index is 11.3. The molecule has 19 heavy (non-hydrogen) atoms. The van der Waals surface area contributed by atoms with Gasteiger partial charge in [-0.25, -0.2) is 4.68 Å². The molecule has 0 saturated heterocycles. The Morgan fingerprint density at radius 3 is 2.79 bits per heavy atom. The minimum atomic E-state index is -0.697. The first-order valence-corrected chi connectivity index (χ1v) is 7.94. The Morgan fingerprint density at radius 2 is 2.05 bits per heavy atom. The molecule has 0 aliphatic heterocycles. The van der Waals surface area contributed by atoms with Crippen LogP contribution in [0.3, 0.4) is 0 Å². The van der Waals surface area contributed by atoms with Crippen molar-refractivity contribution in [1.29, 1.82) is 0 Å². The van der Waals surface area contributed by atoms with Crippen LogP contribution >= 0.6 is 0 Å². The lowest BCUT2D eigenvalue weighted by Crippen LogP contribution is -2.21. The number of rotatable bonds is 7. The van der Waals surface area contributed by atoms with Gasteiger partial charge in [-0.05, 0) is 18.2 Å². The molecular weight excluding hydrogens is 258 g/mol. The monoisotopic (exact) mass is 277 g/mol. The first kappa shape index (κ1) is 14.0. The molecule has 0 spiro atoms. The van der Waals surface area contributed by atoms with Crippen LogP contribution in [0.25, 0.3) is 5.69 Å². The van der Waals surface area contributed by atoms with Crippen molar-refractivity contribution in [2.75, 3.05) is 18.1 Å². The van der Waals surface area contributed by atoms with E-state index in [1.165, 1.54) is 0 Å². The number of nitrogens with one attached hydrogen (secondary N) is 1. The lowest BCUT2D eigenvalue weighted by Gasteiger charge is -2.02. The summed E-state index contributed by atoms with van der Waals surface area (Å²) >= 11 is 0. The number of nitrogens with zero attached hydrogens (tertiary/aromatic N) is 2. The SMILES string of the molecule is CCS(=O)CCNCc1ccn(-c2ccccc2)n1. The number of hydrogen-bond donors (Lipinski definition) is 1. The second-order valence-electron chi connectivity index (χ2n) is 4.20. The van der Waals surface area contributed by atoms with Crippen LogP contribution in [0.1, 0.15) is 12.6 Å². The highest BCUT2D eigenvalue weighted by molar-refractivity contribution is 7.84. The third-order valence-corrected chi connectivity index (χ3v) is 4.10. The number of para-hydroxylation sites is 1. The minimum absolute atomic E-state index is 0.697. The van der Waals surface area contributed by atoms with Crippen molar-refractivity contribution in [1.82, 2.24) is 15.1 Å². The van der Waals surface area contributed by atoms with E-state index in [0.717, 1.165) is 23.7 Å². The molecule has 1 atom stereocenters. The fourth-order valence-corrected chi connectivity index (χ4v) is 2.39. The van der Waals surface area contributed by atoms with E-state index in [4.69, 9.17) is 0 Å². The quantitative estimate of drug-likeness (QED) is 0.784. The van der Waals surface area contributed by atoms with Crippen LogP contribution in [-0.2, 0) is 17.3 Å². The van der Waals surface area contributed by atoms with Gasteiger partial charge in [-0.15, -0.1) is 0 Å². The molecule has 0 radical (unpaired) electrons.